The largest absolute Gasteiger partial charge is 0.337 e. The van der Waals surface area contributed by atoms with Crippen molar-refractivity contribution in [3.8, 4) is 0 Å². The molecule has 0 radical (unpaired) electrons. The Morgan fingerprint density at radius 1 is 0.750 bits per heavy atom. The van der Waals surface area contributed by atoms with Gasteiger partial charge in [-0.2, -0.15) is 0 Å². The number of para-hydroxylation sites is 1. The van der Waals surface area contributed by atoms with E-state index in [2.05, 4.69) is 6.07 Å². The van der Waals surface area contributed by atoms with Crippen molar-refractivity contribution in [3.05, 3.63) is 100 Å². The van der Waals surface area contributed by atoms with Gasteiger partial charge in [0.1, 0.15) is 5.70 Å². The number of hydrogen-bond acceptors (Lipinski definition) is 3. The van der Waals surface area contributed by atoms with E-state index in [4.69, 9.17) is 0 Å². The topological polar surface area (TPSA) is 40.6 Å². The number of imide groups is 1. The van der Waals surface area contributed by atoms with E-state index in [1.165, 1.54) is 4.90 Å². The van der Waals surface area contributed by atoms with Gasteiger partial charge >= 0.3 is 0 Å². The summed E-state index contributed by atoms with van der Waals surface area (Å²) in [7, 11) is 0. The lowest BCUT2D eigenvalue weighted by Gasteiger charge is -2.25. The van der Waals surface area contributed by atoms with Gasteiger partial charge in [-0.05, 0) is 69.5 Å². The lowest BCUT2D eigenvalue weighted by Crippen LogP contribution is -2.35. The maximum absolute atomic E-state index is 13.9. The molecule has 0 fully saturated rings. The summed E-state index contributed by atoms with van der Waals surface area (Å²) >= 11 is 0. The summed E-state index contributed by atoms with van der Waals surface area (Å²) in [6.45, 7) is 10.5. The average molecular weight is 425 g/mol. The summed E-state index contributed by atoms with van der Waals surface area (Å²) in [6.07, 6.45) is 0. The summed E-state index contributed by atoms with van der Waals surface area (Å²) in [5.41, 5.74) is 7.28. The van der Waals surface area contributed by atoms with Gasteiger partial charge in [-0.1, -0.05) is 59.7 Å². The number of benzene rings is 3. The zero-order chi connectivity index (χ0) is 23.0. The molecule has 1 aliphatic rings. The van der Waals surface area contributed by atoms with Gasteiger partial charge in [-0.25, -0.2) is 4.90 Å². The molecule has 0 spiro atoms. The third-order valence-electron chi connectivity index (χ3n) is 5.96. The Morgan fingerprint density at radius 3 is 1.97 bits per heavy atom. The molecule has 32 heavy (non-hydrogen) atoms. The van der Waals surface area contributed by atoms with Gasteiger partial charge in [0.05, 0.1) is 11.3 Å². The second-order valence-electron chi connectivity index (χ2n) is 8.36. The van der Waals surface area contributed by atoms with Crippen molar-refractivity contribution < 1.29 is 9.59 Å². The summed E-state index contributed by atoms with van der Waals surface area (Å²) in [4.78, 5) is 31.0. The molecule has 0 atom stereocenters. The number of carbonyl (C=O) groups excluding carboxylic acids is 2. The van der Waals surface area contributed by atoms with Crippen LogP contribution in [0.3, 0.4) is 0 Å². The minimum absolute atomic E-state index is 0.279. The van der Waals surface area contributed by atoms with Gasteiger partial charge in [0.2, 0.25) is 0 Å². The molecule has 4 rings (SSSR count). The molecular formula is C28H28N2O2. The molecule has 0 aliphatic carbocycles. The number of nitrogens with zero attached hydrogens (tertiary/aromatic N) is 2. The predicted molar refractivity (Wildman–Crippen MR) is 131 cm³/mol. The minimum Gasteiger partial charge on any atom is -0.337 e. The van der Waals surface area contributed by atoms with Gasteiger partial charge in [-0.15, -0.1) is 0 Å². The quantitative estimate of drug-likeness (QED) is 0.491. The first-order valence-electron chi connectivity index (χ1n) is 10.9. The molecule has 4 nitrogen and oxygen atoms in total. The fourth-order valence-electron chi connectivity index (χ4n) is 4.46. The highest BCUT2D eigenvalue weighted by Gasteiger charge is 2.43. The van der Waals surface area contributed by atoms with Crippen LogP contribution in [0.15, 0.2) is 72.4 Å². The lowest BCUT2D eigenvalue weighted by atomic mass is 9.97. The van der Waals surface area contributed by atoms with Crippen molar-refractivity contribution >= 4 is 28.8 Å². The standard InChI is InChI=1S/C28H28N2O2/c1-6-29(22-10-8-7-9-11-22)26-25(23-14-12-18(2)16-20(23)4)27(31)30(28(26)32)24-15-13-19(3)17-21(24)5/h7-17H,6H2,1-5H3. The van der Waals surface area contributed by atoms with Crippen LogP contribution in [-0.4, -0.2) is 18.4 Å². The van der Waals surface area contributed by atoms with E-state index in [1.807, 2.05) is 100 Å². The fourth-order valence-corrected chi connectivity index (χ4v) is 4.46. The van der Waals surface area contributed by atoms with Crippen LogP contribution in [-0.2, 0) is 9.59 Å². The molecule has 0 bridgehead atoms. The summed E-state index contributed by atoms with van der Waals surface area (Å²) < 4.78 is 0. The first-order chi connectivity index (χ1) is 15.3. The number of rotatable bonds is 5. The van der Waals surface area contributed by atoms with Crippen LogP contribution in [0.1, 0.15) is 34.7 Å². The second kappa shape index (κ2) is 8.46. The Labute approximate surface area is 189 Å². The lowest BCUT2D eigenvalue weighted by molar-refractivity contribution is -0.120. The molecule has 1 heterocycles. The van der Waals surface area contributed by atoms with E-state index in [0.717, 1.165) is 33.5 Å². The van der Waals surface area contributed by atoms with Gasteiger partial charge in [0, 0.05) is 12.2 Å². The summed E-state index contributed by atoms with van der Waals surface area (Å²) in [5, 5.41) is 0. The van der Waals surface area contributed by atoms with Crippen molar-refractivity contribution in [2.75, 3.05) is 16.3 Å². The number of anilines is 2. The Morgan fingerprint density at radius 2 is 1.38 bits per heavy atom. The molecule has 2 amide bonds. The van der Waals surface area contributed by atoms with Gasteiger partial charge in [0.15, 0.2) is 0 Å². The van der Waals surface area contributed by atoms with Crippen LogP contribution in [0.4, 0.5) is 11.4 Å². The molecule has 0 saturated heterocycles. The van der Waals surface area contributed by atoms with Gasteiger partial charge in [0.25, 0.3) is 11.8 Å². The molecule has 162 valence electrons. The van der Waals surface area contributed by atoms with Crippen LogP contribution < -0.4 is 9.80 Å². The van der Waals surface area contributed by atoms with E-state index in [1.54, 1.807) is 0 Å². The number of carbonyl (C=O) groups is 2. The van der Waals surface area contributed by atoms with E-state index >= 15 is 0 Å². The molecular weight excluding hydrogens is 396 g/mol. The SMILES string of the molecule is CCN(C1=C(c2ccc(C)cc2C)C(=O)N(c2ccc(C)cc2C)C1=O)c1ccccc1. The zero-order valence-corrected chi connectivity index (χ0v) is 19.3. The number of aryl methyl sites for hydroxylation is 4. The molecule has 0 N–H and O–H groups in total. The number of likely N-dealkylation sites (N-methyl/N-ethyl adjacent to an activating group) is 1. The second-order valence-corrected chi connectivity index (χ2v) is 8.36. The number of hydrogen-bond donors (Lipinski definition) is 0. The van der Waals surface area contributed by atoms with Crippen molar-refractivity contribution in [3.63, 3.8) is 0 Å². The fraction of sp³-hybridized carbons (Fsp3) is 0.214. The third-order valence-corrected chi connectivity index (χ3v) is 5.96. The predicted octanol–water partition coefficient (Wildman–Crippen LogP) is 5.73. The summed E-state index contributed by atoms with van der Waals surface area (Å²) in [6, 6.07) is 21.6. The normalized spacial score (nSPS) is 13.8. The van der Waals surface area contributed by atoms with Gasteiger partial charge in [-0.3, -0.25) is 9.59 Å². The molecule has 0 aromatic heterocycles. The molecule has 4 heteroatoms. The minimum atomic E-state index is -0.289. The Bertz CT molecular complexity index is 1240. The van der Waals surface area contributed by atoms with E-state index in [-0.39, 0.29) is 11.8 Å². The van der Waals surface area contributed by atoms with Crippen molar-refractivity contribution in [1.29, 1.82) is 0 Å². The van der Waals surface area contributed by atoms with Crippen LogP contribution in [0.2, 0.25) is 0 Å². The van der Waals surface area contributed by atoms with Crippen molar-refractivity contribution in [1.82, 2.24) is 0 Å². The highest BCUT2D eigenvalue weighted by Crippen LogP contribution is 2.38. The van der Waals surface area contributed by atoms with Crippen LogP contribution >= 0.6 is 0 Å². The Balaban J connectivity index is 1.96. The van der Waals surface area contributed by atoms with Crippen molar-refractivity contribution in [2.45, 2.75) is 34.6 Å². The smallest absolute Gasteiger partial charge is 0.282 e. The highest BCUT2D eigenvalue weighted by atomic mass is 16.2. The first kappa shape index (κ1) is 21.6. The van der Waals surface area contributed by atoms with Crippen molar-refractivity contribution in [2.24, 2.45) is 0 Å². The van der Waals surface area contributed by atoms with Crippen LogP contribution in [0.5, 0.6) is 0 Å². The van der Waals surface area contributed by atoms with E-state index in [0.29, 0.717) is 23.5 Å². The van der Waals surface area contributed by atoms with Crippen LogP contribution in [0, 0.1) is 27.7 Å². The summed E-state index contributed by atoms with van der Waals surface area (Å²) in [5.74, 6) is -0.569. The third kappa shape index (κ3) is 3.62. The van der Waals surface area contributed by atoms with Gasteiger partial charge < -0.3 is 4.90 Å². The average Bonchev–Trinajstić information content (AvgIpc) is 3.00. The molecule has 1 aliphatic heterocycles. The molecule has 3 aromatic rings. The van der Waals surface area contributed by atoms with E-state index in [9.17, 15) is 9.59 Å². The maximum Gasteiger partial charge on any atom is 0.282 e. The first-order valence-corrected chi connectivity index (χ1v) is 10.9. The monoisotopic (exact) mass is 424 g/mol. The van der Waals surface area contributed by atoms with E-state index < -0.39 is 0 Å². The zero-order valence-electron chi connectivity index (χ0n) is 19.3. The highest BCUT2D eigenvalue weighted by molar-refractivity contribution is 6.46. The maximum atomic E-state index is 13.9. The Kier molecular flexibility index (Phi) is 5.70. The number of amides is 2. The molecule has 0 unspecified atom stereocenters. The Hall–Kier alpha value is -3.66. The molecule has 0 saturated carbocycles. The van der Waals surface area contributed by atoms with Crippen LogP contribution in [0.25, 0.3) is 5.57 Å². The molecule has 3 aromatic carbocycles.